The average molecular weight is 515 g/mol. The lowest BCUT2D eigenvalue weighted by Crippen LogP contribution is -2.10. The first kappa shape index (κ1) is 22.3. The molecule has 3 aromatic heterocycles. The number of furan rings is 1. The van der Waals surface area contributed by atoms with Crippen LogP contribution in [0.15, 0.2) is 57.8 Å². The number of amides is 1. The minimum absolute atomic E-state index is 0.0880. The predicted octanol–water partition coefficient (Wildman–Crippen LogP) is 4.30. The molecule has 0 unspecified atom stereocenters. The Morgan fingerprint density at radius 3 is 2.79 bits per heavy atom. The number of hydrogen-bond donors (Lipinski definition) is 1. The lowest BCUT2D eigenvalue weighted by atomic mass is 10.1. The number of benzene rings is 1. The fourth-order valence-electron chi connectivity index (χ4n) is 3.12. The highest BCUT2D eigenvalue weighted by Crippen LogP contribution is 2.23. The quantitative estimate of drug-likeness (QED) is 0.274. The summed E-state index contributed by atoms with van der Waals surface area (Å²) >= 11 is 3.09. The molecule has 11 nitrogen and oxygen atoms in total. The number of anilines is 1. The van der Waals surface area contributed by atoms with Gasteiger partial charge in [-0.25, -0.2) is 4.68 Å². The number of nitro groups is 1. The van der Waals surface area contributed by atoms with Crippen LogP contribution in [-0.4, -0.2) is 30.4 Å². The lowest BCUT2D eigenvalue weighted by molar-refractivity contribution is -0.390. The highest BCUT2D eigenvalue weighted by molar-refractivity contribution is 9.10. The van der Waals surface area contributed by atoms with Gasteiger partial charge in [-0.05, 0) is 58.5 Å². The Labute approximate surface area is 196 Å². The molecule has 3 heterocycles. The van der Waals surface area contributed by atoms with Gasteiger partial charge in [0.05, 0.1) is 29.4 Å². The van der Waals surface area contributed by atoms with Gasteiger partial charge in [-0.15, -0.1) is 0 Å². The smallest absolute Gasteiger partial charge is 0.404 e. The monoisotopic (exact) mass is 514 g/mol. The average Bonchev–Trinajstić information content (AvgIpc) is 3.48. The van der Waals surface area contributed by atoms with Crippen molar-refractivity contribution >= 4 is 33.3 Å². The number of nitrogens with one attached hydrogen (secondary N) is 1. The number of carbonyl (C=O) groups is 1. The molecule has 0 spiro atoms. The van der Waals surface area contributed by atoms with E-state index in [2.05, 4.69) is 31.4 Å². The van der Waals surface area contributed by atoms with E-state index < -0.39 is 10.8 Å². The number of hydrogen-bond acceptors (Lipinski definition) is 7. The highest BCUT2D eigenvalue weighted by atomic mass is 79.9. The normalized spacial score (nSPS) is 10.9. The fourth-order valence-corrected chi connectivity index (χ4v) is 3.58. The van der Waals surface area contributed by atoms with Crippen LogP contribution >= 0.6 is 15.9 Å². The molecule has 170 valence electrons. The van der Waals surface area contributed by atoms with Gasteiger partial charge in [0.15, 0.2) is 12.5 Å². The molecular formula is C21H19BrN6O5. The first-order valence-electron chi connectivity index (χ1n) is 9.78. The first-order valence-corrected chi connectivity index (χ1v) is 10.6. The fraction of sp³-hybridized carbons (Fsp3) is 0.190. The number of carbonyl (C=O) groups excluding carboxylic acids is 1. The van der Waals surface area contributed by atoms with E-state index in [0.29, 0.717) is 11.4 Å². The van der Waals surface area contributed by atoms with Crippen LogP contribution in [0.2, 0.25) is 0 Å². The molecule has 4 aromatic rings. The molecule has 0 bridgehead atoms. The van der Waals surface area contributed by atoms with Crippen LogP contribution in [0.3, 0.4) is 0 Å². The summed E-state index contributed by atoms with van der Waals surface area (Å²) in [6.07, 6.45) is 4.62. The minimum atomic E-state index is -0.589. The van der Waals surface area contributed by atoms with Gasteiger partial charge in [0.25, 0.3) is 5.91 Å². The summed E-state index contributed by atoms with van der Waals surface area (Å²) in [7, 11) is 0. The first-order chi connectivity index (χ1) is 15.8. The second-order valence-electron chi connectivity index (χ2n) is 7.29. The zero-order valence-corrected chi connectivity index (χ0v) is 19.3. The largest absolute Gasteiger partial charge is 0.471 e. The van der Waals surface area contributed by atoms with Crippen LogP contribution in [0.4, 0.5) is 11.5 Å². The molecule has 0 atom stereocenters. The van der Waals surface area contributed by atoms with Gasteiger partial charge in [-0.1, -0.05) is 17.7 Å². The summed E-state index contributed by atoms with van der Waals surface area (Å²) < 4.78 is 14.5. The summed E-state index contributed by atoms with van der Waals surface area (Å²) in [6, 6.07) is 9.05. The molecule has 12 heteroatoms. The Morgan fingerprint density at radius 2 is 2.06 bits per heavy atom. The van der Waals surface area contributed by atoms with Crippen LogP contribution in [0.1, 0.15) is 27.4 Å². The molecule has 4 rings (SSSR count). The molecular weight excluding hydrogens is 496 g/mol. The van der Waals surface area contributed by atoms with Crippen LogP contribution in [0, 0.1) is 24.0 Å². The van der Waals surface area contributed by atoms with E-state index >= 15 is 0 Å². The third-order valence-electron chi connectivity index (χ3n) is 4.65. The second-order valence-corrected chi connectivity index (χ2v) is 8.14. The Hall–Kier alpha value is -3.93. The molecule has 0 saturated carbocycles. The van der Waals surface area contributed by atoms with Gasteiger partial charge < -0.3 is 24.6 Å². The van der Waals surface area contributed by atoms with Crippen molar-refractivity contribution in [1.29, 1.82) is 0 Å². The van der Waals surface area contributed by atoms with Crippen molar-refractivity contribution in [2.45, 2.75) is 27.1 Å². The van der Waals surface area contributed by atoms with Crippen LogP contribution in [0.5, 0.6) is 5.75 Å². The number of aromatic nitrogens is 4. The lowest BCUT2D eigenvalue weighted by Gasteiger charge is -2.09. The van der Waals surface area contributed by atoms with Gasteiger partial charge in [0, 0.05) is 0 Å². The maximum absolute atomic E-state index is 12.5. The van der Waals surface area contributed by atoms with Crippen molar-refractivity contribution in [2.24, 2.45) is 0 Å². The van der Waals surface area contributed by atoms with Gasteiger partial charge in [-0.2, -0.15) is 9.78 Å². The third kappa shape index (κ3) is 5.29. The molecule has 0 aliphatic carbocycles. The van der Waals surface area contributed by atoms with Crippen molar-refractivity contribution in [2.75, 3.05) is 5.32 Å². The van der Waals surface area contributed by atoms with Crippen molar-refractivity contribution in [3.05, 3.63) is 86.2 Å². The SMILES string of the molecule is Cc1ccc(OCn2cc(NC(=O)c3ccc(Cn4cc(Br)c([N+](=O)[O-])n4)o3)cn2)c(C)c1. The number of aryl methyl sites for hydroxylation is 2. The summed E-state index contributed by atoms with van der Waals surface area (Å²) in [5.74, 6) is 0.522. The van der Waals surface area contributed by atoms with E-state index in [1.807, 2.05) is 32.0 Å². The van der Waals surface area contributed by atoms with Crippen LogP contribution in [-0.2, 0) is 13.3 Å². The summed E-state index contributed by atoms with van der Waals surface area (Å²) in [6.45, 7) is 4.31. The van der Waals surface area contributed by atoms with Crippen LogP contribution in [0.25, 0.3) is 0 Å². The minimum Gasteiger partial charge on any atom is -0.471 e. The van der Waals surface area contributed by atoms with Crippen molar-refractivity contribution in [1.82, 2.24) is 19.6 Å². The maximum Gasteiger partial charge on any atom is 0.404 e. The highest BCUT2D eigenvalue weighted by Gasteiger charge is 2.20. The number of halogens is 1. The van der Waals surface area contributed by atoms with E-state index in [9.17, 15) is 14.9 Å². The zero-order valence-electron chi connectivity index (χ0n) is 17.7. The Balaban J connectivity index is 1.34. The van der Waals surface area contributed by atoms with E-state index in [4.69, 9.17) is 9.15 Å². The van der Waals surface area contributed by atoms with E-state index in [-0.39, 0.29) is 29.3 Å². The van der Waals surface area contributed by atoms with Gasteiger partial charge in [-0.3, -0.25) is 4.79 Å². The molecule has 0 saturated heterocycles. The molecule has 1 N–H and O–H groups in total. The molecule has 0 fully saturated rings. The predicted molar refractivity (Wildman–Crippen MR) is 121 cm³/mol. The second kappa shape index (κ2) is 9.28. The summed E-state index contributed by atoms with van der Waals surface area (Å²) in [4.78, 5) is 22.8. The topological polar surface area (TPSA) is 130 Å². The summed E-state index contributed by atoms with van der Waals surface area (Å²) in [5, 5.41) is 21.7. The van der Waals surface area contributed by atoms with Gasteiger partial charge >= 0.3 is 5.82 Å². The molecule has 1 amide bonds. The molecule has 0 aliphatic heterocycles. The van der Waals surface area contributed by atoms with E-state index in [0.717, 1.165) is 16.9 Å². The Kier molecular flexibility index (Phi) is 6.27. The summed E-state index contributed by atoms with van der Waals surface area (Å²) in [5.41, 5.74) is 2.67. The molecule has 1 aromatic carbocycles. The van der Waals surface area contributed by atoms with Crippen LogP contribution < -0.4 is 10.1 Å². The van der Waals surface area contributed by atoms with E-state index in [1.165, 1.54) is 23.1 Å². The van der Waals surface area contributed by atoms with E-state index in [1.54, 1.807) is 16.9 Å². The standard InChI is InChI=1S/C21H19BrN6O5/c1-13-3-5-18(14(2)7-13)32-12-27-9-15(8-23-27)24-21(29)19-6-4-16(33-19)10-26-11-17(22)20(25-26)28(30)31/h3-9,11H,10,12H2,1-2H3,(H,24,29). The third-order valence-corrected chi connectivity index (χ3v) is 5.21. The van der Waals surface area contributed by atoms with Crippen molar-refractivity contribution < 1.29 is 18.9 Å². The Bertz CT molecular complexity index is 1320. The van der Waals surface area contributed by atoms with Gasteiger partial charge in [0.1, 0.15) is 22.5 Å². The van der Waals surface area contributed by atoms with Gasteiger partial charge in [0.2, 0.25) is 0 Å². The Morgan fingerprint density at radius 1 is 1.24 bits per heavy atom. The number of rotatable bonds is 8. The molecule has 0 radical (unpaired) electrons. The van der Waals surface area contributed by atoms with Crippen molar-refractivity contribution in [3.63, 3.8) is 0 Å². The maximum atomic E-state index is 12.5. The molecule has 0 aliphatic rings. The molecule has 33 heavy (non-hydrogen) atoms. The van der Waals surface area contributed by atoms with Crippen molar-refractivity contribution in [3.8, 4) is 5.75 Å². The number of nitrogens with zero attached hydrogens (tertiary/aromatic N) is 5. The zero-order chi connectivity index (χ0) is 23.5. The number of ether oxygens (including phenoxy) is 1.